The summed E-state index contributed by atoms with van der Waals surface area (Å²) in [6.07, 6.45) is 10.6. The Labute approximate surface area is 117 Å². The topological polar surface area (TPSA) is 38.3 Å². The van der Waals surface area contributed by atoms with Crippen LogP contribution < -0.4 is 5.32 Å². The lowest BCUT2D eigenvalue weighted by Crippen LogP contribution is -2.58. The van der Waals surface area contributed by atoms with Crippen molar-refractivity contribution >= 4 is 5.97 Å². The Morgan fingerprint density at radius 3 is 2.37 bits per heavy atom. The molecule has 0 unspecified atom stereocenters. The van der Waals surface area contributed by atoms with Gasteiger partial charge in [0.15, 0.2) is 0 Å². The van der Waals surface area contributed by atoms with E-state index in [4.69, 9.17) is 4.74 Å². The quantitative estimate of drug-likeness (QED) is 0.793. The normalized spacial score (nSPS) is 33.1. The van der Waals surface area contributed by atoms with Gasteiger partial charge < -0.3 is 4.74 Å². The fourth-order valence-corrected chi connectivity index (χ4v) is 3.57. The van der Waals surface area contributed by atoms with Crippen molar-refractivity contribution in [3.8, 4) is 0 Å². The van der Waals surface area contributed by atoms with E-state index in [-0.39, 0.29) is 11.5 Å². The second-order valence-corrected chi connectivity index (χ2v) is 6.46. The Morgan fingerprint density at radius 2 is 1.79 bits per heavy atom. The van der Waals surface area contributed by atoms with Crippen molar-refractivity contribution < 1.29 is 9.53 Å². The fraction of sp³-hybridized carbons (Fsp3) is 0.938. The van der Waals surface area contributed by atoms with Crippen molar-refractivity contribution in [1.29, 1.82) is 0 Å². The zero-order valence-corrected chi connectivity index (χ0v) is 12.5. The molecule has 2 fully saturated rings. The van der Waals surface area contributed by atoms with Crippen molar-refractivity contribution in [1.82, 2.24) is 5.32 Å². The van der Waals surface area contributed by atoms with Gasteiger partial charge in [-0.1, -0.05) is 26.2 Å². The molecule has 0 heterocycles. The first-order valence-corrected chi connectivity index (χ1v) is 8.11. The van der Waals surface area contributed by atoms with Crippen LogP contribution in [0, 0.1) is 5.92 Å². The van der Waals surface area contributed by atoms with E-state index in [0.717, 1.165) is 31.6 Å². The van der Waals surface area contributed by atoms with E-state index in [1.807, 2.05) is 6.92 Å². The molecular weight excluding hydrogens is 238 g/mol. The van der Waals surface area contributed by atoms with Crippen LogP contribution in [0.4, 0.5) is 0 Å². The molecule has 2 aliphatic rings. The van der Waals surface area contributed by atoms with Gasteiger partial charge in [-0.3, -0.25) is 10.1 Å². The Morgan fingerprint density at radius 1 is 1.16 bits per heavy atom. The molecule has 110 valence electrons. The van der Waals surface area contributed by atoms with Gasteiger partial charge in [0.2, 0.25) is 0 Å². The monoisotopic (exact) mass is 267 g/mol. The predicted octanol–water partition coefficient (Wildman–Crippen LogP) is 3.42. The van der Waals surface area contributed by atoms with E-state index in [9.17, 15) is 4.79 Å². The first kappa shape index (κ1) is 14.8. The molecule has 2 rings (SSSR count). The van der Waals surface area contributed by atoms with Crippen LogP contribution in [0.5, 0.6) is 0 Å². The fourth-order valence-electron chi connectivity index (χ4n) is 3.57. The van der Waals surface area contributed by atoms with Crippen LogP contribution in [0.15, 0.2) is 0 Å². The molecule has 0 aliphatic heterocycles. The van der Waals surface area contributed by atoms with E-state index >= 15 is 0 Å². The van der Waals surface area contributed by atoms with E-state index in [2.05, 4.69) is 12.2 Å². The van der Waals surface area contributed by atoms with E-state index < -0.39 is 0 Å². The van der Waals surface area contributed by atoms with Crippen molar-refractivity contribution in [2.24, 2.45) is 5.92 Å². The molecule has 0 bridgehead atoms. The molecule has 0 spiro atoms. The maximum atomic E-state index is 12.4. The number of carbonyl (C=O) groups is 1. The molecule has 2 saturated carbocycles. The maximum absolute atomic E-state index is 12.4. The Bertz CT molecular complexity index is 289. The summed E-state index contributed by atoms with van der Waals surface area (Å²) >= 11 is 0. The van der Waals surface area contributed by atoms with Gasteiger partial charge in [0.05, 0.1) is 6.61 Å². The van der Waals surface area contributed by atoms with Crippen molar-refractivity contribution in [3.63, 3.8) is 0 Å². The number of hydrogen-bond donors (Lipinski definition) is 1. The van der Waals surface area contributed by atoms with Crippen LogP contribution in [-0.2, 0) is 9.53 Å². The minimum atomic E-state index is -0.384. The number of hydrogen-bond acceptors (Lipinski definition) is 3. The minimum absolute atomic E-state index is 0.00697. The molecule has 0 atom stereocenters. The molecule has 0 aromatic heterocycles. The molecule has 0 aromatic carbocycles. The van der Waals surface area contributed by atoms with Gasteiger partial charge in [-0.2, -0.15) is 0 Å². The third-order valence-corrected chi connectivity index (χ3v) is 4.88. The molecule has 0 amide bonds. The number of carbonyl (C=O) groups excluding carboxylic acids is 1. The summed E-state index contributed by atoms with van der Waals surface area (Å²) in [6.45, 7) is 4.68. The van der Waals surface area contributed by atoms with E-state index in [1.54, 1.807) is 0 Å². The van der Waals surface area contributed by atoms with E-state index in [1.165, 1.54) is 32.1 Å². The number of nitrogens with one attached hydrogen (secondary N) is 1. The zero-order valence-electron chi connectivity index (χ0n) is 12.5. The van der Waals surface area contributed by atoms with E-state index in [0.29, 0.717) is 12.6 Å². The molecule has 0 saturated heterocycles. The number of ether oxygens (including phenoxy) is 1. The molecule has 3 nitrogen and oxygen atoms in total. The highest BCUT2D eigenvalue weighted by molar-refractivity contribution is 5.81. The van der Waals surface area contributed by atoms with Gasteiger partial charge >= 0.3 is 5.97 Å². The van der Waals surface area contributed by atoms with Crippen molar-refractivity contribution in [2.75, 3.05) is 6.61 Å². The SMILES string of the molecule is CCOC(=O)C1(NC2CCCCC2)CCC(C)CC1. The lowest BCUT2D eigenvalue weighted by Gasteiger charge is -2.41. The standard InChI is InChI=1S/C16H29NO2/c1-3-19-15(18)16(11-9-13(2)10-12-16)17-14-7-5-4-6-8-14/h13-14,17H,3-12H2,1-2H3. The van der Waals surface area contributed by atoms with Gasteiger partial charge in [-0.25, -0.2) is 0 Å². The minimum Gasteiger partial charge on any atom is -0.465 e. The second-order valence-electron chi connectivity index (χ2n) is 6.46. The molecule has 3 heteroatoms. The largest absolute Gasteiger partial charge is 0.465 e. The second kappa shape index (κ2) is 6.74. The van der Waals surface area contributed by atoms with Crippen LogP contribution in [0.25, 0.3) is 0 Å². The summed E-state index contributed by atoms with van der Waals surface area (Å²) in [7, 11) is 0. The van der Waals surface area contributed by atoms with Crippen LogP contribution in [0.3, 0.4) is 0 Å². The van der Waals surface area contributed by atoms with Crippen LogP contribution in [0.1, 0.15) is 71.6 Å². The third-order valence-electron chi connectivity index (χ3n) is 4.88. The lowest BCUT2D eigenvalue weighted by molar-refractivity contribution is -0.153. The van der Waals surface area contributed by atoms with Gasteiger partial charge in [-0.15, -0.1) is 0 Å². The number of esters is 1. The van der Waals surface area contributed by atoms with Gasteiger partial charge in [0.1, 0.15) is 5.54 Å². The van der Waals surface area contributed by atoms with Gasteiger partial charge in [-0.05, 0) is 51.4 Å². The maximum Gasteiger partial charge on any atom is 0.326 e. The molecule has 19 heavy (non-hydrogen) atoms. The average molecular weight is 267 g/mol. The van der Waals surface area contributed by atoms with Crippen molar-refractivity contribution in [2.45, 2.75) is 83.2 Å². The molecule has 0 radical (unpaired) electrons. The summed E-state index contributed by atoms with van der Waals surface area (Å²) < 4.78 is 5.36. The molecule has 0 aromatic rings. The summed E-state index contributed by atoms with van der Waals surface area (Å²) in [5, 5.41) is 3.70. The first-order valence-electron chi connectivity index (χ1n) is 8.11. The first-order chi connectivity index (χ1) is 9.16. The van der Waals surface area contributed by atoms with Crippen LogP contribution >= 0.6 is 0 Å². The average Bonchev–Trinajstić information content (AvgIpc) is 2.43. The van der Waals surface area contributed by atoms with Gasteiger partial charge in [0, 0.05) is 6.04 Å². The van der Waals surface area contributed by atoms with Crippen LogP contribution in [-0.4, -0.2) is 24.2 Å². The highest BCUT2D eigenvalue weighted by Crippen LogP contribution is 2.34. The highest BCUT2D eigenvalue weighted by atomic mass is 16.5. The summed E-state index contributed by atoms with van der Waals surface area (Å²) in [4.78, 5) is 12.4. The summed E-state index contributed by atoms with van der Waals surface area (Å²) in [5.41, 5.74) is -0.384. The highest BCUT2D eigenvalue weighted by Gasteiger charge is 2.43. The number of rotatable bonds is 4. The Balaban J connectivity index is 2.02. The summed E-state index contributed by atoms with van der Waals surface area (Å²) in [5.74, 6) is 0.739. The smallest absolute Gasteiger partial charge is 0.326 e. The predicted molar refractivity (Wildman–Crippen MR) is 77.0 cm³/mol. The van der Waals surface area contributed by atoms with Crippen LogP contribution in [0.2, 0.25) is 0 Å². The zero-order chi connectivity index (χ0) is 13.7. The van der Waals surface area contributed by atoms with Gasteiger partial charge in [0.25, 0.3) is 0 Å². The Kier molecular flexibility index (Phi) is 5.26. The molecule has 1 N–H and O–H groups in total. The lowest BCUT2D eigenvalue weighted by atomic mass is 9.76. The molecule has 2 aliphatic carbocycles. The third kappa shape index (κ3) is 3.71. The Hall–Kier alpha value is -0.570. The van der Waals surface area contributed by atoms with Crippen molar-refractivity contribution in [3.05, 3.63) is 0 Å². The molecular formula is C16H29NO2. The summed E-state index contributed by atoms with van der Waals surface area (Å²) in [6, 6.07) is 0.520.